The van der Waals surface area contributed by atoms with Gasteiger partial charge in [-0.2, -0.15) is 0 Å². The minimum absolute atomic E-state index is 0.157. The molecule has 1 aromatic carbocycles. The molecule has 0 spiro atoms. The van der Waals surface area contributed by atoms with Crippen LogP contribution in [0.15, 0.2) is 22.7 Å². The van der Waals surface area contributed by atoms with Gasteiger partial charge in [0.05, 0.1) is 12.2 Å². The fraction of sp³-hybridized carbons (Fsp3) is 0.462. The van der Waals surface area contributed by atoms with Crippen LogP contribution in [-0.4, -0.2) is 25.7 Å². The lowest BCUT2D eigenvalue weighted by molar-refractivity contribution is 0.0907. The number of carbonyl (C=O) groups excluding carboxylic acids is 1. The maximum Gasteiger partial charge on any atom is 0.253 e. The van der Waals surface area contributed by atoms with Gasteiger partial charge >= 0.3 is 0 Å². The van der Waals surface area contributed by atoms with Crippen LogP contribution in [0, 0.1) is 5.92 Å². The number of nitrogen functional groups attached to an aromatic ring is 1. The molecule has 0 bridgehead atoms. The van der Waals surface area contributed by atoms with Crippen LogP contribution in [0.1, 0.15) is 23.2 Å². The number of hydrogen-bond acceptors (Lipinski definition) is 3. The van der Waals surface area contributed by atoms with E-state index in [4.69, 9.17) is 10.5 Å². The average molecular weight is 313 g/mol. The molecule has 1 saturated carbocycles. The molecule has 1 aromatic rings. The molecule has 0 radical (unpaired) electrons. The summed E-state index contributed by atoms with van der Waals surface area (Å²) < 4.78 is 6.30. The molecule has 1 amide bonds. The minimum Gasteiger partial charge on any atom is -0.398 e. The second-order valence-electron chi connectivity index (χ2n) is 4.51. The summed E-state index contributed by atoms with van der Waals surface area (Å²) in [5, 5.41) is 2.79. The number of halogens is 1. The van der Waals surface area contributed by atoms with E-state index in [1.165, 1.54) is 12.8 Å². The molecule has 1 aliphatic rings. The maximum absolute atomic E-state index is 11.8. The first-order valence-corrected chi connectivity index (χ1v) is 6.87. The zero-order chi connectivity index (χ0) is 13.0. The van der Waals surface area contributed by atoms with Crippen LogP contribution < -0.4 is 11.1 Å². The van der Waals surface area contributed by atoms with Gasteiger partial charge in [0.15, 0.2) is 0 Å². The number of rotatable bonds is 6. The van der Waals surface area contributed by atoms with Gasteiger partial charge < -0.3 is 15.8 Å². The molecule has 0 aliphatic heterocycles. The molecule has 2 rings (SSSR count). The van der Waals surface area contributed by atoms with E-state index in [1.807, 2.05) is 0 Å². The summed E-state index contributed by atoms with van der Waals surface area (Å²) in [6.45, 7) is 1.88. The molecule has 0 unspecified atom stereocenters. The molecule has 0 aromatic heterocycles. The first kappa shape index (κ1) is 13.4. The highest BCUT2D eigenvalue weighted by atomic mass is 79.9. The Balaban J connectivity index is 1.72. The van der Waals surface area contributed by atoms with E-state index in [0.717, 1.165) is 17.0 Å². The number of benzene rings is 1. The number of carbonyl (C=O) groups is 1. The molecule has 98 valence electrons. The van der Waals surface area contributed by atoms with E-state index in [-0.39, 0.29) is 5.91 Å². The van der Waals surface area contributed by atoms with Crippen LogP contribution >= 0.6 is 15.9 Å². The monoisotopic (exact) mass is 312 g/mol. The van der Waals surface area contributed by atoms with Crippen LogP contribution in [0.5, 0.6) is 0 Å². The Morgan fingerprint density at radius 1 is 1.50 bits per heavy atom. The Morgan fingerprint density at radius 3 is 2.94 bits per heavy atom. The third kappa shape index (κ3) is 3.99. The van der Waals surface area contributed by atoms with Crippen molar-refractivity contribution in [2.75, 3.05) is 25.5 Å². The fourth-order valence-electron chi connectivity index (χ4n) is 1.61. The summed E-state index contributed by atoms with van der Waals surface area (Å²) in [4.78, 5) is 11.8. The highest BCUT2D eigenvalue weighted by Gasteiger charge is 2.20. The van der Waals surface area contributed by atoms with Crippen LogP contribution in [0.25, 0.3) is 0 Å². The summed E-state index contributed by atoms with van der Waals surface area (Å²) in [6.07, 6.45) is 2.56. The quantitative estimate of drug-likeness (QED) is 0.625. The van der Waals surface area contributed by atoms with Crippen molar-refractivity contribution < 1.29 is 9.53 Å². The predicted octanol–water partition coefficient (Wildman–Crippen LogP) is 2.19. The molecule has 5 heteroatoms. The van der Waals surface area contributed by atoms with Crippen molar-refractivity contribution >= 4 is 27.5 Å². The summed E-state index contributed by atoms with van der Waals surface area (Å²) in [5.41, 5.74) is 6.75. The normalized spacial score (nSPS) is 14.5. The predicted molar refractivity (Wildman–Crippen MR) is 74.4 cm³/mol. The van der Waals surface area contributed by atoms with Gasteiger partial charge in [-0.15, -0.1) is 0 Å². The average Bonchev–Trinajstić information content (AvgIpc) is 3.12. The lowest BCUT2D eigenvalue weighted by atomic mass is 10.1. The van der Waals surface area contributed by atoms with E-state index in [0.29, 0.717) is 24.4 Å². The Bertz CT molecular complexity index is 433. The van der Waals surface area contributed by atoms with Crippen molar-refractivity contribution in [1.82, 2.24) is 5.32 Å². The highest BCUT2D eigenvalue weighted by molar-refractivity contribution is 9.10. The summed E-state index contributed by atoms with van der Waals surface area (Å²) in [5.74, 6) is 0.595. The molecular weight excluding hydrogens is 296 g/mol. The maximum atomic E-state index is 11.8. The lowest BCUT2D eigenvalue weighted by Gasteiger charge is -2.08. The molecule has 3 N–H and O–H groups in total. The molecule has 0 heterocycles. The number of ether oxygens (including phenoxy) is 1. The van der Waals surface area contributed by atoms with Crippen LogP contribution in [0.4, 0.5) is 5.69 Å². The SMILES string of the molecule is Nc1cc(Br)ccc1C(=O)NCCOCC1CC1. The van der Waals surface area contributed by atoms with Crippen LogP contribution in [0.2, 0.25) is 0 Å². The van der Waals surface area contributed by atoms with Crippen molar-refractivity contribution in [2.24, 2.45) is 5.92 Å². The second-order valence-corrected chi connectivity index (χ2v) is 5.42. The van der Waals surface area contributed by atoms with Crippen molar-refractivity contribution in [1.29, 1.82) is 0 Å². The Hall–Kier alpha value is -1.07. The molecule has 18 heavy (non-hydrogen) atoms. The Labute approximate surface area is 115 Å². The van der Waals surface area contributed by atoms with Crippen molar-refractivity contribution in [3.63, 3.8) is 0 Å². The van der Waals surface area contributed by atoms with Gasteiger partial charge in [0.25, 0.3) is 5.91 Å². The number of nitrogens with one attached hydrogen (secondary N) is 1. The number of anilines is 1. The third-order valence-electron chi connectivity index (χ3n) is 2.84. The van der Waals surface area contributed by atoms with Gasteiger partial charge in [-0.1, -0.05) is 15.9 Å². The van der Waals surface area contributed by atoms with Gasteiger partial charge in [-0.25, -0.2) is 0 Å². The lowest BCUT2D eigenvalue weighted by Crippen LogP contribution is -2.28. The van der Waals surface area contributed by atoms with Gasteiger partial charge in [-0.3, -0.25) is 4.79 Å². The zero-order valence-electron chi connectivity index (χ0n) is 10.1. The van der Waals surface area contributed by atoms with Gasteiger partial charge in [-0.05, 0) is 37.0 Å². The fourth-order valence-corrected chi connectivity index (χ4v) is 1.99. The molecule has 0 atom stereocenters. The van der Waals surface area contributed by atoms with Crippen molar-refractivity contribution in [2.45, 2.75) is 12.8 Å². The standard InChI is InChI=1S/C13H17BrN2O2/c14-10-3-4-11(12(15)7-10)13(17)16-5-6-18-8-9-1-2-9/h3-4,7,9H,1-2,5-6,8,15H2,(H,16,17). The molecule has 0 saturated heterocycles. The van der Waals surface area contributed by atoms with E-state index in [2.05, 4.69) is 21.2 Å². The van der Waals surface area contributed by atoms with E-state index in [1.54, 1.807) is 18.2 Å². The smallest absolute Gasteiger partial charge is 0.253 e. The van der Waals surface area contributed by atoms with Crippen LogP contribution in [-0.2, 0) is 4.74 Å². The zero-order valence-corrected chi connectivity index (χ0v) is 11.7. The largest absolute Gasteiger partial charge is 0.398 e. The first-order valence-electron chi connectivity index (χ1n) is 6.08. The molecule has 4 nitrogen and oxygen atoms in total. The molecular formula is C13H17BrN2O2. The van der Waals surface area contributed by atoms with Crippen molar-refractivity contribution in [3.8, 4) is 0 Å². The van der Waals surface area contributed by atoms with Gasteiger partial charge in [0.2, 0.25) is 0 Å². The van der Waals surface area contributed by atoms with Crippen molar-refractivity contribution in [3.05, 3.63) is 28.2 Å². The third-order valence-corrected chi connectivity index (χ3v) is 3.33. The molecule has 1 fully saturated rings. The van der Waals surface area contributed by atoms with E-state index in [9.17, 15) is 4.79 Å². The summed E-state index contributed by atoms with van der Waals surface area (Å²) in [7, 11) is 0. The van der Waals surface area contributed by atoms with Crippen LogP contribution in [0.3, 0.4) is 0 Å². The topological polar surface area (TPSA) is 64.4 Å². The Morgan fingerprint density at radius 2 is 2.28 bits per heavy atom. The number of hydrogen-bond donors (Lipinski definition) is 2. The molecule has 1 aliphatic carbocycles. The highest BCUT2D eigenvalue weighted by Crippen LogP contribution is 2.28. The van der Waals surface area contributed by atoms with E-state index < -0.39 is 0 Å². The van der Waals surface area contributed by atoms with Gasteiger partial charge in [0, 0.05) is 23.3 Å². The summed E-state index contributed by atoms with van der Waals surface area (Å²) >= 11 is 3.31. The van der Waals surface area contributed by atoms with E-state index >= 15 is 0 Å². The van der Waals surface area contributed by atoms with Gasteiger partial charge in [0.1, 0.15) is 0 Å². The second kappa shape index (κ2) is 6.20. The Kier molecular flexibility index (Phi) is 4.60. The number of amides is 1. The first-order chi connectivity index (χ1) is 8.66. The number of nitrogens with two attached hydrogens (primary N) is 1. The minimum atomic E-state index is -0.157. The summed E-state index contributed by atoms with van der Waals surface area (Å²) in [6, 6.07) is 5.23.